The Kier molecular flexibility index (Phi) is 3.01. The summed E-state index contributed by atoms with van der Waals surface area (Å²) in [7, 11) is 0. The Bertz CT molecular complexity index is 1130. The quantitative estimate of drug-likeness (QED) is 0.682. The van der Waals surface area contributed by atoms with Gasteiger partial charge in [0.15, 0.2) is 0 Å². The van der Waals surface area contributed by atoms with Crippen LogP contribution >= 0.6 is 27.5 Å². The second kappa shape index (κ2) is 4.75. The summed E-state index contributed by atoms with van der Waals surface area (Å²) >= 11 is 3.83. The molecule has 23 heavy (non-hydrogen) atoms. The Hall–Kier alpha value is -2.00. The highest BCUT2D eigenvalue weighted by Gasteiger charge is 2.30. The lowest BCUT2D eigenvalue weighted by Gasteiger charge is -2.11. The van der Waals surface area contributed by atoms with E-state index in [9.17, 15) is 18.8 Å². The Balaban J connectivity index is 2.31. The first-order valence-electron chi connectivity index (χ1n) is 6.72. The monoisotopic (exact) mass is 398 g/mol. The van der Waals surface area contributed by atoms with Gasteiger partial charge in [-0.25, -0.2) is 9.18 Å². The van der Waals surface area contributed by atoms with Crippen molar-refractivity contribution in [1.82, 2.24) is 8.52 Å². The molecule has 6 nitrogen and oxygen atoms in total. The van der Waals surface area contributed by atoms with Crippen LogP contribution in [0.2, 0.25) is 0 Å². The van der Waals surface area contributed by atoms with Crippen LogP contribution in [0.15, 0.2) is 26.2 Å². The van der Waals surface area contributed by atoms with Crippen molar-refractivity contribution in [3.8, 4) is 0 Å². The van der Waals surface area contributed by atoms with Crippen LogP contribution in [0, 0.1) is 5.82 Å². The van der Waals surface area contributed by atoms with E-state index in [1.807, 2.05) is 0 Å². The minimum atomic E-state index is -1.44. The summed E-state index contributed by atoms with van der Waals surface area (Å²) in [5.74, 6) is -0.606. The van der Waals surface area contributed by atoms with Crippen LogP contribution < -0.4 is 11.0 Å². The molecule has 0 radical (unpaired) electrons. The molecule has 0 spiro atoms. The van der Waals surface area contributed by atoms with Gasteiger partial charge in [-0.1, -0.05) is 0 Å². The van der Waals surface area contributed by atoms with E-state index in [1.165, 1.54) is 6.07 Å². The summed E-state index contributed by atoms with van der Waals surface area (Å²) in [6, 6.07) is 2.67. The average Bonchev–Trinajstić information content (AvgIpc) is 3.25. The number of aromatic nitrogens is 2. The van der Waals surface area contributed by atoms with Crippen molar-refractivity contribution >= 4 is 54.7 Å². The Morgan fingerprint density at radius 1 is 1.35 bits per heavy atom. The maximum Gasteiger partial charge on any atom is 0.428 e. The number of rotatable bonds is 1. The van der Waals surface area contributed by atoms with Gasteiger partial charge in [-0.05, 0) is 52.4 Å². The van der Waals surface area contributed by atoms with Gasteiger partial charge in [0.05, 0.1) is 9.99 Å². The molecule has 1 N–H and O–H groups in total. The first kappa shape index (κ1) is 14.6. The fourth-order valence-electron chi connectivity index (χ4n) is 2.71. The second-order valence-corrected chi connectivity index (χ2v) is 7.16. The molecule has 0 unspecified atom stereocenters. The largest absolute Gasteiger partial charge is 0.464 e. The SMILES string of the molecule is O=C(O)n1sc2c(c(=O)c3cc(F)c(Br)cc3n2C2CC2)c1=O. The molecule has 0 saturated heterocycles. The lowest BCUT2D eigenvalue weighted by atomic mass is 10.1. The van der Waals surface area contributed by atoms with E-state index in [1.54, 1.807) is 4.57 Å². The van der Waals surface area contributed by atoms with Crippen molar-refractivity contribution in [2.45, 2.75) is 18.9 Å². The second-order valence-electron chi connectivity index (χ2n) is 5.37. The Labute approximate surface area is 139 Å². The molecule has 1 aliphatic rings. The molecule has 0 amide bonds. The highest BCUT2D eigenvalue weighted by Crippen LogP contribution is 2.40. The molecule has 1 aliphatic carbocycles. The summed E-state index contributed by atoms with van der Waals surface area (Å²) in [5, 5.41) is 9.01. The van der Waals surface area contributed by atoms with E-state index in [0.29, 0.717) is 14.3 Å². The number of carbonyl (C=O) groups is 1. The Morgan fingerprint density at radius 2 is 2.04 bits per heavy atom. The number of hydrogen-bond donors (Lipinski definition) is 1. The number of nitrogens with zero attached hydrogens (tertiary/aromatic N) is 2. The van der Waals surface area contributed by atoms with Gasteiger partial charge in [-0.3, -0.25) is 9.59 Å². The van der Waals surface area contributed by atoms with Crippen LogP contribution in [0.5, 0.6) is 0 Å². The third-order valence-electron chi connectivity index (χ3n) is 3.86. The number of carboxylic acid groups (broad SMARTS) is 1. The van der Waals surface area contributed by atoms with E-state index in [0.717, 1.165) is 30.4 Å². The van der Waals surface area contributed by atoms with Crippen LogP contribution in [-0.4, -0.2) is 19.7 Å². The molecule has 2 aromatic heterocycles. The van der Waals surface area contributed by atoms with Gasteiger partial charge >= 0.3 is 6.09 Å². The van der Waals surface area contributed by atoms with Crippen molar-refractivity contribution in [2.75, 3.05) is 0 Å². The van der Waals surface area contributed by atoms with Crippen molar-refractivity contribution < 1.29 is 14.3 Å². The molecule has 2 heterocycles. The molecular formula is C14H8BrFN2O4S. The van der Waals surface area contributed by atoms with Gasteiger partial charge in [0.2, 0.25) is 5.43 Å². The molecular weight excluding hydrogens is 391 g/mol. The third kappa shape index (κ3) is 1.99. The molecule has 1 aromatic carbocycles. The molecule has 0 bridgehead atoms. The number of pyridine rings is 1. The minimum absolute atomic E-state index is 0.0811. The number of benzene rings is 1. The first-order valence-corrected chi connectivity index (χ1v) is 8.29. The van der Waals surface area contributed by atoms with Crippen molar-refractivity contribution in [3.05, 3.63) is 43.0 Å². The summed E-state index contributed by atoms with van der Waals surface area (Å²) in [6.45, 7) is 0. The van der Waals surface area contributed by atoms with E-state index in [2.05, 4.69) is 15.9 Å². The summed E-state index contributed by atoms with van der Waals surface area (Å²) in [4.78, 5) is 36.4. The van der Waals surface area contributed by atoms with Crippen molar-refractivity contribution in [1.29, 1.82) is 0 Å². The predicted molar refractivity (Wildman–Crippen MR) is 87.2 cm³/mol. The zero-order chi connectivity index (χ0) is 16.5. The van der Waals surface area contributed by atoms with Gasteiger partial charge in [0.25, 0.3) is 5.56 Å². The van der Waals surface area contributed by atoms with E-state index in [4.69, 9.17) is 5.11 Å². The predicted octanol–water partition coefficient (Wildman–Crippen LogP) is 3.14. The number of fused-ring (bicyclic) bond motifs is 2. The molecule has 0 aliphatic heterocycles. The topological polar surface area (TPSA) is 81.3 Å². The maximum atomic E-state index is 13.8. The lowest BCUT2D eigenvalue weighted by Crippen LogP contribution is -2.23. The third-order valence-corrected chi connectivity index (χ3v) is 5.55. The molecule has 118 valence electrons. The van der Waals surface area contributed by atoms with Crippen LogP contribution in [0.4, 0.5) is 9.18 Å². The van der Waals surface area contributed by atoms with E-state index >= 15 is 0 Å². The highest BCUT2D eigenvalue weighted by atomic mass is 79.9. The average molecular weight is 399 g/mol. The zero-order valence-corrected chi connectivity index (χ0v) is 13.8. The van der Waals surface area contributed by atoms with E-state index in [-0.39, 0.29) is 21.3 Å². The van der Waals surface area contributed by atoms with Gasteiger partial charge in [-0.2, -0.15) is 3.96 Å². The van der Waals surface area contributed by atoms with E-state index < -0.39 is 22.9 Å². The van der Waals surface area contributed by atoms with Crippen LogP contribution in [0.1, 0.15) is 18.9 Å². The number of hydrogen-bond acceptors (Lipinski definition) is 4. The standard InChI is InChI=1S/C14H8BrFN2O4S/c15-7-4-9-6(3-8(7)16)11(19)10-12(20)18(14(21)22)23-13(10)17(9)5-1-2-5/h3-5H,1-2H2,(H,21,22). The first-order chi connectivity index (χ1) is 10.9. The molecule has 3 aromatic rings. The smallest absolute Gasteiger partial charge is 0.428 e. The molecule has 0 atom stereocenters. The van der Waals surface area contributed by atoms with Gasteiger partial charge in [-0.15, -0.1) is 0 Å². The Morgan fingerprint density at radius 3 is 2.65 bits per heavy atom. The van der Waals surface area contributed by atoms with Gasteiger partial charge in [0.1, 0.15) is 16.0 Å². The number of halogens is 2. The molecule has 1 fully saturated rings. The minimum Gasteiger partial charge on any atom is -0.464 e. The fourth-order valence-corrected chi connectivity index (χ4v) is 4.07. The molecule has 9 heteroatoms. The van der Waals surface area contributed by atoms with Crippen LogP contribution in [0.3, 0.4) is 0 Å². The zero-order valence-electron chi connectivity index (χ0n) is 11.4. The lowest BCUT2D eigenvalue weighted by molar-refractivity contribution is 0.198. The highest BCUT2D eigenvalue weighted by molar-refractivity contribution is 9.10. The van der Waals surface area contributed by atoms with Crippen molar-refractivity contribution in [2.24, 2.45) is 0 Å². The summed E-state index contributed by atoms with van der Waals surface area (Å²) in [6.07, 6.45) is 0.289. The van der Waals surface area contributed by atoms with Gasteiger partial charge < -0.3 is 9.67 Å². The van der Waals surface area contributed by atoms with Gasteiger partial charge in [0, 0.05) is 11.4 Å². The van der Waals surface area contributed by atoms with Crippen LogP contribution in [0.25, 0.3) is 21.1 Å². The maximum absolute atomic E-state index is 13.8. The summed E-state index contributed by atoms with van der Waals surface area (Å²) in [5.41, 5.74) is -1.02. The van der Waals surface area contributed by atoms with Crippen molar-refractivity contribution in [3.63, 3.8) is 0 Å². The fraction of sp³-hybridized carbons (Fsp3) is 0.214. The normalized spacial score (nSPS) is 14.7. The van der Waals surface area contributed by atoms with Crippen LogP contribution in [-0.2, 0) is 0 Å². The molecule has 4 rings (SSSR count). The molecule has 1 saturated carbocycles. The summed E-state index contributed by atoms with van der Waals surface area (Å²) < 4.78 is 16.4.